The van der Waals surface area contributed by atoms with Crippen molar-refractivity contribution < 1.29 is 23.8 Å². The van der Waals surface area contributed by atoms with E-state index in [1.165, 1.54) is 7.11 Å². The van der Waals surface area contributed by atoms with Gasteiger partial charge in [-0.1, -0.05) is 0 Å². The van der Waals surface area contributed by atoms with Crippen LogP contribution in [0.25, 0.3) is 6.08 Å². The van der Waals surface area contributed by atoms with Gasteiger partial charge in [-0.15, -0.1) is 0 Å². The molecule has 0 spiro atoms. The lowest BCUT2D eigenvalue weighted by Gasteiger charge is -2.33. The molecule has 8 heteroatoms. The zero-order valence-corrected chi connectivity index (χ0v) is 17.1. The zero-order valence-electron chi connectivity index (χ0n) is 17.1. The van der Waals surface area contributed by atoms with Crippen molar-refractivity contribution in [1.29, 1.82) is 0 Å². The van der Waals surface area contributed by atoms with Crippen LogP contribution in [0.4, 0.5) is 4.79 Å². The van der Waals surface area contributed by atoms with Gasteiger partial charge in [-0.25, -0.2) is 4.79 Å². The predicted octanol–water partition coefficient (Wildman–Crippen LogP) is 1.75. The van der Waals surface area contributed by atoms with E-state index in [1.807, 2.05) is 24.3 Å². The first kappa shape index (κ1) is 21.0. The molecule has 1 saturated heterocycles. The molecule has 2 aliphatic heterocycles. The molecule has 2 aliphatic rings. The van der Waals surface area contributed by atoms with E-state index in [0.29, 0.717) is 25.2 Å². The summed E-state index contributed by atoms with van der Waals surface area (Å²) in [5.41, 5.74) is 1.51. The average Bonchev–Trinajstić information content (AvgIpc) is 2.77. The smallest absolute Gasteiger partial charge is 0.409 e. The van der Waals surface area contributed by atoms with Gasteiger partial charge >= 0.3 is 6.09 Å². The monoisotopic (exact) mass is 403 g/mol. The molecular formula is C21H29N3O5. The summed E-state index contributed by atoms with van der Waals surface area (Å²) < 4.78 is 15.6. The Morgan fingerprint density at radius 2 is 1.93 bits per heavy atom. The minimum absolute atomic E-state index is 0.0850. The third-order valence-electron chi connectivity index (χ3n) is 5.22. The number of nitrogens with zero attached hydrogens (tertiary/aromatic N) is 2. The van der Waals surface area contributed by atoms with E-state index in [9.17, 15) is 9.59 Å². The molecule has 0 bridgehead atoms. The third kappa shape index (κ3) is 5.63. The van der Waals surface area contributed by atoms with Crippen molar-refractivity contribution >= 4 is 18.1 Å². The van der Waals surface area contributed by atoms with E-state index in [0.717, 1.165) is 49.5 Å². The van der Waals surface area contributed by atoms with E-state index in [-0.39, 0.29) is 18.6 Å². The second kappa shape index (κ2) is 10.2. The van der Waals surface area contributed by atoms with Crippen molar-refractivity contribution in [3.8, 4) is 11.5 Å². The molecule has 3 rings (SSSR count). The number of hydrogen-bond donors (Lipinski definition) is 1. The third-order valence-corrected chi connectivity index (χ3v) is 5.22. The number of amides is 2. The summed E-state index contributed by atoms with van der Waals surface area (Å²) in [4.78, 5) is 27.9. The summed E-state index contributed by atoms with van der Waals surface area (Å²) in [6, 6.07) is 5.57. The Labute approximate surface area is 171 Å². The van der Waals surface area contributed by atoms with Gasteiger partial charge in [0.2, 0.25) is 0 Å². The molecule has 1 N–H and O–H groups in total. The molecule has 29 heavy (non-hydrogen) atoms. The second-order valence-corrected chi connectivity index (χ2v) is 7.12. The highest BCUT2D eigenvalue weighted by atomic mass is 16.5. The highest BCUT2D eigenvalue weighted by Crippen LogP contribution is 2.30. The van der Waals surface area contributed by atoms with Crippen molar-refractivity contribution in [1.82, 2.24) is 15.1 Å². The van der Waals surface area contributed by atoms with Gasteiger partial charge in [-0.2, -0.15) is 0 Å². The van der Waals surface area contributed by atoms with Crippen molar-refractivity contribution in [2.45, 2.75) is 12.8 Å². The Bertz CT molecular complexity index is 757. The van der Waals surface area contributed by atoms with Gasteiger partial charge in [0.15, 0.2) is 0 Å². The largest absolute Gasteiger partial charge is 0.497 e. The van der Waals surface area contributed by atoms with Crippen LogP contribution in [0.3, 0.4) is 0 Å². The van der Waals surface area contributed by atoms with Crippen LogP contribution in [0, 0.1) is 0 Å². The van der Waals surface area contributed by atoms with Crippen LogP contribution >= 0.6 is 0 Å². The van der Waals surface area contributed by atoms with Gasteiger partial charge in [-0.3, -0.25) is 9.69 Å². The van der Waals surface area contributed by atoms with E-state index >= 15 is 0 Å². The first-order chi connectivity index (χ1) is 14.1. The standard InChI is InChI=1S/C21H29N3O5/c1-27-18-6-5-16-13-17(15-29-19(16)14-18)20(25)22-7-3-4-8-23-9-11-24(12-10-23)21(26)28-2/h5-6,13-14H,3-4,7-12,15H2,1-2H3,(H,22,25). The molecule has 0 atom stereocenters. The fourth-order valence-corrected chi connectivity index (χ4v) is 3.46. The zero-order chi connectivity index (χ0) is 20.6. The summed E-state index contributed by atoms with van der Waals surface area (Å²) in [6.07, 6.45) is 3.52. The Morgan fingerprint density at radius 3 is 2.66 bits per heavy atom. The first-order valence-corrected chi connectivity index (χ1v) is 9.95. The summed E-state index contributed by atoms with van der Waals surface area (Å²) in [7, 11) is 3.02. The van der Waals surface area contributed by atoms with Gasteiger partial charge in [0.05, 0.1) is 19.8 Å². The van der Waals surface area contributed by atoms with Crippen LogP contribution in [0.5, 0.6) is 11.5 Å². The number of hydrogen-bond acceptors (Lipinski definition) is 6. The highest BCUT2D eigenvalue weighted by molar-refractivity contribution is 5.99. The summed E-state index contributed by atoms with van der Waals surface area (Å²) in [5, 5.41) is 2.97. The Hall–Kier alpha value is -2.74. The molecule has 158 valence electrons. The molecular weight excluding hydrogens is 374 g/mol. The van der Waals surface area contributed by atoms with Crippen LogP contribution in [0.2, 0.25) is 0 Å². The lowest BCUT2D eigenvalue weighted by molar-refractivity contribution is -0.117. The van der Waals surface area contributed by atoms with E-state index in [4.69, 9.17) is 14.2 Å². The van der Waals surface area contributed by atoms with E-state index in [2.05, 4.69) is 10.2 Å². The predicted molar refractivity (Wildman–Crippen MR) is 109 cm³/mol. The number of benzene rings is 1. The maximum absolute atomic E-state index is 12.4. The topological polar surface area (TPSA) is 80.3 Å². The summed E-state index contributed by atoms with van der Waals surface area (Å²) in [5.74, 6) is 1.38. The lowest BCUT2D eigenvalue weighted by atomic mass is 10.1. The van der Waals surface area contributed by atoms with Gasteiger partial charge in [0.1, 0.15) is 18.1 Å². The Morgan fingerprint density at radius 1 is 1.14 bits per heavy atom. The summed E-state index contributed by atoms with van der Waals surface area (Å²) >= 11 is 0. The minimum atomic E-state index is -0.255. The number of carbonyl (C=O) groups excluding carboxylic acids is 2. The normalized spacial score (nSPS) is 16.3. The lowest BCUT2D eigenvalue weighted by Crippen LogP contribution is -2.48. The molecule has 1 fully saturated rings. The van der Waals surface area contributed by atoms with Crippen LogP contribution in [0.1, 0.15) is 18.4 Å². The maximum atomic E-state index is 12.4. The molecule has 1 aromatic carbocycles. The summed E-state index contributed by atoms with van der Waals surface area (Å²) in [6.45, 7) is 4.97. The fourth-order valence-electron chi connectivity index (χ4n) is 3.46. The van der Waals surface area contributed by atoms with Crippen molar-refractivity contribution in [2.75, 3.05) is 60.1 Å². The SMILES string of the molecule is COC(=O)N1CCN(CCCCNC(=O)C2=Cc3ccc(OC)cc3OC2)CC1. The molecule has 2 amide bonds. The van der Waals surface area contributed by atoms with Crippen LogP contribution in [-0.4, -0.2) is 81.9 Å². The number of ether oxygens (including phenoxy) is 3. The number of unbranched alkanes of at least 4 members (excludes halogenated alkanes) is 1. The number of nitrogens with one attached hydrogen (secondary N) is 1. The van der Waals surface area contributed by atoms with Crippen LogP contribution in [-0.2, 0) is 9.53 Å². The van der Waals surface area contributed by atoms with Gasteiger partial charge in [-0.05, 0) is 37.6 Å². The van der Waals surface area contributed by atoms with Crippen LogP contribution in [0.15, 0.2) is 23.8 Å². The Balaban J connectivity index is 1.34. The molecule has 0 aliphatic carbocycles. The average molecular weight is 403 g/mol. The van der Waals surface area contributed by atoms with Crippen molar-refractivity contribution in [3.05, 3.63) is 29.3 Å². The second-order valence-electron chi connectivity index (χ2n) is 7.12. The number of piperazine rings is 1. The van der Waals surface area contributed by atoms with Crippen molar-refractivity contribution in [2.24, 2.45) is 0 Å². The Kier molecular flexibility index (Phi) is 7.35. The quantitative estimate of drug-likeness (QED) is 0.699. The minimum Gasteiger partial charge on any atom is -0.497 e. The molecule has 0 unspecified atom stereocenters. The molecule has 1 aromatic rings. The fraction of sp³-hybridized carbons (Fsp3) is 0.524. The number of methoxy groups -OCH3 is 2. The maximum Gasteiger partial charge on any atom is 0.409 e. The number of rotatable bonds is 7. The van der Waals surface area contributed by atoms with Gasteiger partial charge < -0.3 is 24.4 Å². The number of carbonyl (C=O) groups is 2. The molecule has 0 aromatic heterocycles. The van der Waals surface area contributed by atoms with E-state index in [1.54, 1.807) is 12.0 Å². The first-order valence-electron chi connectivity index (χ1n) is 9.95. The van der Waals surface area contributed by atoms with Crippen LogP contribution < -0.4 is 14.8 Å². The molecule has 0 radical (unpaired) electrons. The molecule has 2 heterocycles. The number of fused-ring (bicyclic) bond motifs is 1. The van der Waals surface area contributed by atoms with E-state index < -0.39 is 0 Å². The van der Waals surface area contributed by atoms with Gasteiger partial charge in [0, 0.05) is 44.4 Å². The highest BCUT2D eigenvalue weighted by Gasteiger charge is 2.21. The van der Waals surface area contributed by atoms with Crippen molar-refractivity contribution in [3.63, 3.8) is 0 Å². The molecule has 8 nitrogen and oxygen atoms in total. The van der Waals surface area contributed by atoms with Gasteiger partial charge in [0.25, 0.3) is 5.91 Å². The molecule has 0 saturated carbocycles.